The summed E-state index contributed by atoms with van der Waals surface area (Å²) < 4.78 is 126. The van der Waals surface area contributed by atoms with Crippen LogP contribution in [0.25, 0.3) is 33.1 Å². The zero-order chi connectivity index (χ0) is 34.7. The molecule has 0 aliphatic heterocycles. The number of aryl methyl sites for hydroxylation is 1. The zero-order valence-corrected chi connectivity index (χ0v) is 26.4. The molecule has 250 valence electrons. The lowest BCUT2D eigenvalue weighted by Crippen LogP contribution is -2.49. The van der Waals surface area contributed by atoms with Crippen LogP contribution >= 0.6 is 0 Å². The number of benzene rings is 4. The van der Waals surface area contributed by atoms with E-state index < -0.39 is 45.5 Å². The Morgan fingerprint density at radius 3 is 1.31 bits per heavy atom. The maximum Gasteiger partial charge on any atom is 0.380 e. The third kappa shape index (κ3) is 3.78. The highest BCUT2D eigenvalue weighted by Crippen LogP contribution is 2.70. The van der Waals surface area contributed by atoms with Gasteiger partial charge >= 0.3 is 17.8 Å². The van der Waals surface area contributed by atoms with Crippen molar-refractivity contribution in [2.45, 2.75) is 30.1 Å². The highest BCUT2D eigenvalue weighted by atomic mass is 19.3. The van der Waals surface area contributed by atoms with E-state index in [1.807, 2.05) is 6.92 Å². The lowest BCUT2D eigenvalue weighted by atomic mass is 9.68. The predicted octanol–water partition coefficient (Wildman–Crippen LogP) is 10.0. The van der Waals surface area contributed by atoms with E-state index in [0.717, 1.165) is 5.56 Å². The topological polar surface area (TPSA) is 54.0 Å². The second-order valence-corrected chi connectivity index (χ2v) is 12.2. The number of methoxy groups -OCH3 is 3. The number of fused-ring (bicyclic) bond motifs is 8. The Hall–Kier alpha value is -5.32. The monoisotopic (exact) mass is 676 g/mol. The second-order valence-electron chi connectivity index (χ2n) is 12.2. The molecule has 0 fully saturated rings. The summed E-state index contributed by atoms with van der Waals surface area (Å²) in [7, 11) is 4.22. The molecular weight excluding hydrogens is 650 g/mol. The van der Waals surface area contributed by atoms with Gasteiger partial charge in [-0.3, -0.25) is 0 Å². The molecule has 8 rings (SSSR count). The predicted molar refractivity (Wildman–Crippen MR) is 170 cm³/mol. The summed E-state index contributed by atoms with van der Waals surface area (Å²) in [5.74, 6) is -16.2. The molecule has 0 unspecified atom stereocenters. The fraction of sp³-hybridized carbons (Fsp3) is 0.211. The van der Waals surface area contributed by atoms with Gasteiger partial charge in [-0.25, -0.2) is 0 Å². The summed E-state index contributed by atoms with van der Waals surface area (Å²) in [5.41, 5.74) is -4.67. The van der Waals surface area contributed by atoms with Gasteiger partial charge in [-0.2, -0.15) is 26.3 Å². The van der Waals surface area contributed by atoms with Crippen LogP contribution in [0, 0.1) is 6.92 Å². The molecule has 49 heavy (non-hydrogen) atoms. The average Bonchev–Trinajstić information content (AvgIpc) is 3.65. The fourth-order valence-corrected chi connectivity index (χ4v) is 7.26. The second kappa shape index (κ2) is 10.1. The van der Waals surface area contributed by atoms with Crippen molar-refractivity contribution in [3.63, 3.8) is 0 Å². The Morgan fingerprint density at radius 1 is 0.510 bits per heavy atom. The zero-order valence-electron chi connectivity index (χ0n) is 26.4. The summed E-state index contributed by atoms with van der Waals surface area (Å²) in [6.07, 6.45) is 0. The highest BCUT2D eigenvalue weighted by molar-refractivity contribution is 6.13. The maximum atomic E-state index is 16.5. The molecule has 2 aromatic heterocycles. The molecule has 0 amide bonds. The summed E-state index contributed by atoms with van der Waals surface area (Å²) in [6, 6.07) is 21.8. The maximum absolute atomic E-state index is 16.5. The molecule has 2 aliphatic carbocycles. The molecule has 11 heteroatoms. The van der Waals surface area contributed by atoms with E-state index in [1.54, 1.807) is 48.5 Å². The summed E-state index contributed by atoms with van der Waals surface area (Å²) >= 11 is 0. The minimum absolute atomic E-state index is 0.0447. The molecule has 0 bridgehead atoms. The van der Waals surface area contributed by atoms with Gasteiger partial charge < -0.3 is 23.0 Å². The van der Waals surface area contributed by atoms with Gasteiger partial charge in [0, 0.05) is 45.2 Å². The quantitative estimate of drug-likeness (QED) is 0.170. The van der Waals surface area contributed by atoms with Crippen molar-refractivity contribution >= 4 is 33.1 Å². The van der Waals surface area contributed by atoms with Gasteiger partial charge in [0.25, 0.3) is 0 Å². The van der Waals surface area contributed by atoms with Crippen molar-refractivity contribution in [3.05, 3.63) is 124 Å². The number of furan rings is 2. The first-order chi connectivity index (χ1) is 23.3. The van der Waals surface area contributed by atoms with E-state index >= 15 is 26.3 Å². The number of alkyl halides is 6. The van der Waals surface area contributed by atoms with Crippen molar-refractivity contribution in [2.75, 3.05) is 21.3 Å². The largest absolute Gasteiger partial charge is 0.497 e. The van der Waals surface area contributed by atoms with Crippen LogP contribution in [0.15, 0.2) is 93.8 Å². The van der Waals surface area contributed by atoms with Crippen LogP contribution in [0.4, 0.5) is 26.3 Å². The lowest BCUT2D eigenvalue weighted by Gasteiger charge is -2.34. The van der Waals surface area contributed by atoms with Gasteiger partial charge in [-0.15, -0.1) is 0 Å². The molecule has 4 aromatic carbocycles. The van der Waals surface area contributed by atoms with E-state index in [-0.39, 0.29) is 45.0 Å². The van der Waals surface area contributed by atoms with E-state index in [2.05, 4.69) is 0 Å². The molecule has 2 heterocycles. The first kappa shape index (κ1) is 31.0. The number of hydrogen-bond donors (Lipinski definition) is 0. The van der Waals surface area contributed by atoms with Crippen LogP contribution in [0.3, 0.4) is 0 Å². The first-order valence-corrected chi connectivity index (χ1v) is 15.2. The Bertz CT molecular complexity index is 2220. The SMILES string of the molecule is COc1ccc(C2(c3ccc(C)cc3)c3oc4cc(OC)ccc4c3C3=C(c4c2oc2cc(OC)ccc42)C(F)(F)C(F)(F)C3(F)F)cc1. The molecule has 6 aromatic rings. The normalized spacial score (nSPS) is 18.2. The van der Waals surface area contributed by atoms with Crippen LogP contribution in [0.5, 0.6) is 17.2 Å². The number of ether oxygens (including phenoxy) is 3. The Labute approximate surface area is 275 Å². The number of allylic oxidation sites excluding steroid dienone is 2. The molecule has 0 radical (unpaired) electrons. The van der Waals surface area contributed by atoms with Gasteiger partial charge in [0.2, 0.25) is 0 Å². The van der Waals surface area contributed by atoms with Crippen LogP contribution in [0.1, 0.15) is 39.3 Å². The van der Waals surface area contributed by atoms with E-state index in [1.165, 1.54) is 57.7 Å². The summed E-state index contributed by atoms with van der Waals surface area (Å²) in [6.45, 7) is 1.84. The molecule has 0 atom stereocenters. The van der Waals surface area contributed by atoms with E-state index in [4.69, 9.17) is 23.0 Å². The van der Waals surface area contributed by atoms with Crippen LogP contribution in [-0.2, 0) is 5.41 Å². The number of rotatable bonds is 5. The van der Waals surface area contributed by atoms with Crippen LogP contribution in [0.2, 0.25) is 0 Å². The molecule has 0 N–H and O–H groups in total. The number of hydrogen-bond acceptors (Lipinski definition) is 5. The van der Waals surface area contributed by atoms with Crippen molar-refractivity contribution in [3.8, 4) is 17.2 Å². The third-order valence-corrected chi connectivity index (χ3v) is 9.65. The smallest absolute Gasteiger partial charge is 0.380 e. The van der Waals surface area contributed by atoms with Crippen molar-refractivity contribution in [1.82, 2.24) is 0 Å². The van der Waals surface area contributed by atoms with Gasteiger partial charge in [-0.1, -0.05) is 42.0 Å². The molecular formula is C38H26F6O5. The molecule has 5 nitrogen and oxygen atoms in total. The van der Waals surface area contributed by atoms with Crippen LogP contribution in [-0.4, -0.2) is 39.1 Å². The van der Waals surface area contributed by atoms with Gasteiger partial charge in [0.1, 0.15) is 45.4 Å². The Kier molecular flexibility index (Phi) is 6.39. The third-order valence-electron chi connectivity index (χ3n) is 9.65. The fourth-order valence-electron chi connectivity index (χ4n) is 7.26. The van der Waals surface area contributed by atoms with Crippen molar-refractivity contribution in [2.24, 2.45) is 0 Å². The minimum atomic E-state index is -5.81. The van der Waals surface area contributed by atoms with Gasteiger partial charge in [0.05, 0.1) is 21.3 Å². The molecule has 0 spiro atoms. The average molecular weight is 677 g/mol. The lowest BCUT2D eigenvalue weighted by molar-refractivity contribution is -0.254. The minimum Gasteiger partial charge on any atom is -0.497 e. The van der Waals surface area contributed by atoms with Crippen LogP contribution < -0.4 is 14.2 Å². The standard InChI is InChI=1S/C38H26F6O5/c1-19-5-7-20(8-6-19)35(21-9-11-22(45-2)12-10-21)33-29(25-15-13-23(46-3)17-27(25)48-33)31-32(37(41,42)38(43,44)36(31,39)40)30-26-16-14-24(47-4)18-28(26)49-34(30)35/h5-18H,1-4H3. The van der Waals surface area contributed by atoms with E-state index in [9.17, 15) is 0 Å². The summed E-state index contributed by atoms with van der Waals surface area (Å²) in [5, 5.41) is -0.171. The Morgan fingerprint density at radius 2 is 0.898 bits per heavy atom. The van der Waals surface area contributed by atoms with Gasteiger partial charge in [0.15, 0.2) is 0 Å². The Balaban J connectivity index is 1.68. The van der Waals surface area contributed by atoms with Crippen molar-refractivity contribution in [1.29, 1.82) is 0 Å². The highest BCUT2D eigenvalue weighted by Gasteiger charge is 2.82. The van der Waals surface area contributed by atoms with Crippen molar-refractivity contribution < 1.29 is 49.4 Å². The first-order valence-electron chi connectivity index (χ1n) is 15.2. The van der Waals surface area contributed by atoms with E-state index in [0.29, 0.717) is 16.9 Å². The molecule has 2 aliphatic rings. The molecule has 0 saturated carbocycles. The molecule has 0 saturated heterocycles. The summed E-state index contributed by atoms with van der Waals surface area (Å²) in [4.78, 5) is 0. The van der Waals surface area contributed by atoms with Gasteiger partial charge in [-0.05, 0) is 54.4 Å². The number of halogens is 6.